The number of aryl methyl sites for hydroxylation is 1. The Hall–Kier alpha value is -1.50. The van der Waals surface area contributed by atoms with Crippen molar-refractivity contribution in [2.45, 2.75) is 59.1 Å². The largest absolute Gasteiger partial charge is 0.382 e. The summed E-state index contributed by atoms with van der Waals surface area (Å²) in [7, 11) is 0. The van der Waals surface area contributed by atoms with Crippen molar-refractivity contribution in [3.8, 4) is 0 Å². The van der Waals surface area contributed by atoms with Gasteiger partial charge < -0.3 is 15.6 Å². The van der Waals surface area contributed by atoms with Gasteiger partial charge in [-0.1, -0.05) is 6.08 Å². The number of nitrogens with zero attached hydrogens (tertiary/aromatic N) is 3. The molecule has 0 saturated carbocycles. The minimum atomic E-state index is -0.911. The van der Waals surface area contributed by atoms with Crippen molar-refractivity contribution in [3.63, 3.8) is 0 Å². The fraction of sp³-hybridized carbons (Fsp3) is 0.625. The van der Waals surface area contributed by atoms with Crippen LogP contribution in [0.2, 0.25) is 0 Å². The van der Waals surface area contributed by atoms with E-state index in [9.17, 15) is 5.11 Å². The minimum Gasteiger partial charge on any atom is -0.382 e. The lowest BCUT2D eigenvalue weighted by atomic mass is 9.98. The predicted octanol–water partition coefficient (Wildman–Crippen LogP) is 1.94. The third-order valence-corrected chi connectivity index (χ3v) is 3.66. The number of hydrogen-bond donors (Lipinski definition) is 2. The van der Waals surface area contributed by atoms with Gasteiger partial charge in [-0.2, -0.15) is 0 Å². The van der Waals surface area contributed by atoms with E-state index in [4.69, 9.17) is 10.5 Å². The molecule has 1 aromatic rings. The average molecular weight is 306 g/mol. The van der Waals surface area contributed by atoms with E-state index in [1.54, 1.807) is 0 Å². The number of ether oxygens (including phenoxy) is 1. The van der Waals surface area contributed by atoms with Crippen molar-refractivity contribution in [3.05, 3.63) is 23.4 Å². The number of rotatable bonds is 3. The molecule has 0 aliphatic carbocycles. The number of nitrogens with two attached hydrogens (primary N) is 1. The van der Waals surface area contributed by atoms with Crippen molar-refractivity contribution in [1.82, 2.24) is 15.1 Å². The third kappa shape index (κ3) is 4.03. The lowest BCUT2D eigenvalue weighted by Crippen LogP contribution is -2.47. The van der Waals surface area contributed by atoms with Crippen LogP contribution in [0.3, 0.4) is 0 Å². The van der Waals surface area contributed by atoms with Gasteiger partial charge in [0.15, 0.2) is 0 Å². The molecule has 6 heteroatoms. The lowest BCUT2D eigenvalue weighted by molar-refractivity contribution is -0.244. The van der Waals surface area contributed by atoms with Gasteiger partial charge in [-0.25, -0.2) is 4.90 Å². The van der Waals surface area contributed by atoms with Crippen LogP contribution in [0.15, 0.2) is 12.1 Å². The molecule has 1 unspecified atom stereocenters. The molecule has 122 valence electrons. The molecule has 22 heavy (non-hydrogen) atoms. The quantitative estimate of drug-likeness (QED) is 0.830. The molecule has 0 bridgehead atoms. The van der Waals surface area contributed by atoms with Crippen molar-refractivity contribution in [1.29, 1.82) is 0 Å². The van der Waals surface area contributed by atoms with Gasteiger partial charge in [-0.3, -0.25) is 0 Å². The molecule has 0 aromatic carbocycles. The molecular weight excluding hydrogens is 280 g/mol. The molecule has 2 heterocycles. The Morgan fingerprint density at radius 3 is 2.64 bits per heavy atom. The van der Waals surface area contributed by atoms with Crippen molar-refractivity contribution < 1.29 is 9.84 Å². The summed E-state index contributed by atoms with van der Waals surface area (Å²) in [4.78, 5) is 1.93. The molecular formula is C16H26N4O2. The molecule has 1 aromatic heterocycles. The van der Waals surface area contributed by atoms with Gasteiger partial charge in [0.1, 0.15) is 5.82 Å². The van der Waals surface area contributed by atoms with Crippen LogP contribution in [0.5, 0.6) is 0 Å². The van der Waals surface area contributed by atoms with E-state index < -0.39 is 6.41 Å². The summed E-state index contributed by atoms with van der Waals surface area (Å²) >= 11 is 0. The molecule has 0 saturated heterocycles. The number of anilines is 1. The summed E-state index contributed by atoms with van der Waals surface area (Å²) in [5, 5.41) is 18.4. The zero-order valence-corrected chi connectivity index (χ0v) is 14.0. The first kappa shape index (κ1) is 16.9. The van der Waals surface area contributed by atoms with Gasteiger partial charge in [0.05, 0.1) is 11.3 Å². The SMILES string of the molecule is Cc1cc(N)nnc1C1=C[C@H](C)N(C(O)OC(C)(C)C)CC1. The van der Waals surface area contributed by atoms with Crippen LogP contribution in [0.1, 0.15) is 45.4 Å². The molecule has 2 atom stereocenters. The van der Waals surface area contributed by atoms with E-state index in [-0.39, 0.29) is 11.6 Å². The van der Waals surface area contributed by atoms with E-state index in [0.29, 0.717) is 12.4 Å². The Balaban J connectivity index is 2.15. The molecule has 0 radical (unpaired) electrons. The van der Waals surface area contributed by atoms with Crippen molar-refractivity contribution in [2.75, 3.05) is 12.3 Å². The fourth-order valence-corrected chi connectivity index (χ4v) is 2.64. The van der Waals surface area contributed by atoms with E-state index in [2.05, 4.69) is 16.3 Å². The van der Waals surface area contributed by atoms with Crippen LogP contribution in [-0.4, -0.2) is 44.8 Å². The van der Waals surface area contributed by atoms with Gasteiger partial charge in [0.25, 0.3) is 0 Å². The zero-order valence-electron chi connectivity index (χ0n) is 14.0. The molecule has 0 spiro atoms. The maximum Gasteiger partial charge on any atom is 0.217 e. The highest BCUT2D eigenvalue weighted by atomic mass is 16.6. The Labute approximate surface area is 132 Å². The topological polar surface area (TPSA) is 84.5 Å². The van der Waals surface area contributed by atoms with Crippen LogP contribution in [0.25, 0.3) is 5.57 Å². The first-order chi connectivity index (χ1) is 10.2. The summed E-state index contributed by atoms with van der Waals surface area (Å²) < 4.78 is 5.64. The fourth-order valence-electron chi connectivity index (χ4n) is 2.64. The molecule has 6 nitrogen and oxygen atoms in total. The van der Waals surface area contributed by atoms with E-state index in [0.717, 1.165) is 23.3 Å². The summed E-state index contributed by atoms with van der Waals surface area (Å²) in [5.74, 6) is 0.432. The van der Waals surface area contributed by atoms with E-state index in [1.165, 1.54) is 0 Å². The minimum absolute atomic E-state index is 0.0554. The maximum absolute atomic E-state index is 10.3. The number of aliphatic hydroxyl groups excluding tert-OH is 1. The summed E-state index contributed by atoms with van der Waals surface area (Å²) in [6, 6.07) is 1.89. The highest BCUT2D eigenvalue weighted by molar-refractivity contribution is 5.67. The average Bonchev–Trinajstić information content (AvgIpc) is 2.36. The summed E-state index contributed by atoms with van der Waals surface area (Å²) in [6.45, 7) is 10.5. The molecule has 2 rings (SSSR count). The van der Waals surface area contributed by atoms with E-state index >= 15 is 0 Å². The Kier molecular flexibility index (Phi) is 4.84. The second-order valence-corrected chi connectivity index (χ2v) is 6.78. The Morgan fingerprint density at radius 2 is 2.09 bits per heavy atom. The standard InChI is InChI=1S/C16H26N4O2/c1-10-8-13(17)18-19-14(10)12-6-7-20(11(2)9-12)15(21)22-16(3,4)5/h8-9,11,15,21H,6-7H2,1-5H3,(H2,17,18)/t11-,15?/m0/s1. The molecule has 0 amide bonds. The second-order valence-electron chi connectivity index (χ2n) is 6.78. The highest BCUT2D eigenvalue weighted by Crippen LogP contribution is 2.28. The number of aliphatic hydroxyl groups is 1. The van der Waals surface area contributed by atoms with Gasteiger partial charge in [-0.15, -0.1) is 10.2 Å². The summed E-state index contributed by atoms with van der Waals surface area (Å²) in [5.41, 5.74) is 8.30. The molecule has 1 aliphatic rings. The molecule has 1 aliphatic heterocycles. The zero-order chi connectivity index (χ0) is 16.5. The lowest BCUT2D eigenvalue weighted by Gasteiger charge is -2.38. The number of nitrogen functional groups attached to an aromatic ring is 1. The van der Waals surface area contributed by atoms with Crippen LogP contribution >= 0.6 is 0 Å². The van der Waals surface area contributed by atoms with Crippen LogP contribution in [0, 0.1) is 6.92 Å². The molecule has 3 N–H and O–H groups in total. The third-order valence-electron chi connectivity index (χ3n) is 3.66. The van der Waals surface area contributed by atoms with Crippen LogP contribution in [0.4, 0.5) is 5.82 Å². The molecule has 0 fully saturated rings. The highest BCUT2D eigenvalue weighted by Gasteiger charge is 2.29. The predicted molar refractivity (Wildman–Crippen MR) is 86.8 cm³/mol. The first-order valence-electron chi connectivity index (χ1n) is 7.60. The van der Waals surface area contributed by atoms with Crippen LogP contribution in [-0.2, 0) is 4.74 Å². The van der Waals surface area contributed by atoms with Gasteiger partial charge in [0, 0.05) is 12.6 Å². The monoisotopic (exact) mass is 306 g/mol. The summed E-state index contributed by atoms with van der Waals surface area (Å²) in [6.07, 6.45) is 1.98. The van der Waals surface area contributed by atoms with Crippen LogP contribution < -0.4 is 5.73 Å². The van der Waals surface area contributed by atoms with Crippen molar-refractivity contribution >= 4 is 11.4 Å². The maximum atomic E-state index is 10.3. The number of hydrogen-bond acceptors (Lipinski definition) is 6. The van der Waals surface area contributed by atoms with Gasteiger partial charge in [-0.05, 0) is 58.2 Å². The van der Waals surface area contributed by atoms with E-state index in [1.807, 2.05) is 45.6 Å². The van der Waals surface area contributed by atoms with Crippen molar-refractivity contribution in [2.24, 2.45) is 0 Å². The van der Waals surface area contributed by atoms with Gasteiger partial charge >= 0.3 is 0 Å². The number of aromatic nitrogens is 2. The first-order valence-corrected chi connectivity index (χ1v) is 7.60. The second kappa shape index (κ2) is 6.32. The Morgan fingerprint density at radius 1 is 1.41 bits per heavy atom. The Bertz CT molecular complexity index is 566. The normalized spacial score (nSPS) is 21.5. The smallest absolute Gasteiger partial charge is 0.217 e. The van der Waals surface area contributed by atoms with Gasteiger partial charge in [0.2, 0.25) is 6.41 Å².